The minimum absolute atomic E-state index is 0.0752. The number of ether oxygens (including phenoxy) is 1. The molecule has 1 aromatic rings. The highest BCUT2D eigenvalue weighted by molar-refractivity contribution is 5.89. The van der Waals surface area contributed by atoms with Gasteiger partial charge in [0.05, 0.1) is 18.9 Å². The first-order valence-electron chi connectivity index (χ1n) is 6.34. The summed E-state index contributed by atoms with van der Waals surface area (Å²) in [6.07, 6.45) is 2.20. The maximum Gasteiger partial charge on any atom is 0.328 e. The van der Waals surface area contributed by atoms with Crippen LogP contribution in [0.1, 0.15) is 5.56 Å². The maximum atomic E-state index is 14.2. The van der Waals surface area contributed by atoms with Crippen LogP contribution in [0, 0.1) is 5.82 Å². The Morgan fingerprint density at radius 1 is 1.48 bits per heavy atom. The van der Waals surface area contributed by atoms with E-state index in [-0.39, 0.29) is 12.3 Å². The van der Waals surface area contributed by atoms with Gasteiger partial charge in [0.2, 0.25) is 5.91 Å². The third kappa shape index (κ3) is 3.38. The monoisotopic (exact) mass is 294 g/mol. The molecule has 0 radical (unpaired) electrons. The molecule has 6 nitrogen and oxygen atoms in total. The minimum atomic E-state index is -1.14. The number of morpholine rings is 1. The van der Waals surface area contributed by atoms with Crippen molar-refractivity contribution in [3.8, 4) is 0 Å². The lowest BCUT2D eigenvalue weighted by Crippen LogP contribution is -2.53. The van der Waals surface area contributed by atoms with E-state index in [1.165, 1.54) is 23.1 Å². The molecule has 0 aromatic heterocycles. The summed E-state index contributed by atoms with van der Waals surface area (Å²) in [6, 6.07) is 3.51. The van der Waals surface area contributed by atoms with Crippen molar-refractivity contribution in [2.75, 3.05) is 24.7 Å². The minimum Gasteiger partial charge on any atom is -0.478 e. The second-order valence-corrected chi connectivity index (χ2v) is 4.54. The van der Waals surface area contributed by atoms with Crippen molar-refractivity contribution in [2.24, 2.45) is 5.73 Å². The van der Waals surface area contributed by atoms with E-state index in [9.17, 15) is 14.0 Å². The maximum absolute atomic E-state index is 14.2. The molecule has 1 heterocycles. The molecular formula is C14H15FN2O4. The molecular weight excluding hydrogens is 279 g/mol. The summed E-state index contributed by atoms with van der Waals surface area (Å²) in [6.45, 7) is 0.703. The number of nitrogens with zero attached hydrogens (tertiary/aromatic N) is 1. The number of aliphatic carboxylic acids is 1. The molecule has 3 N–H and O–H groups in total. The van der Waals surface area contributed by atoms with Crippen LogP contribution in [0.5, 0.6) is 0 Å². The van der Waals surface area contributed by atoms with E-state index in [1.807, 2.05) is 0 Å². The largest absolute Gasteiger partial charge is 0.478 e. The van der Waals surface area contributed by atoms with Crippen LogP contribution in [0.4, 0.5) is 10.1 Å². The number of carbonyl (C=O) groups excluding carboxylic acids is 1. The third-order valence-electron chi connectivity index (χ3n) is 3.17. The molecule has 0 spiro atoms. The molecule has 112 valence electrons. The zero-order valence-electron chi connectivity index (χ0n) is 11.2. The van der Waals surface area contributed by atoms with Gasteiger partial charge in [0, 0.05) is 18.2 Å². The molecule has 0 saturated carbocycles. The van der Waals surface area contributed by atoms with Crippen LogP contribution in [-0.4, -0.2) is 42.8 Å². The lowest BCUT2D eigenvalue weighted by Gasteiger charge is -2.36. The van der Waals surface area contributed by atoms with Gasteiger partial charge in [-0.2, -0.15) is 0 Å². The normalized spacial score (nSPS) is 18.9. The summed E-state index contributed by atoms with van der Waals surface area (Å²) in [5.74, 6) is -2.31. The molecule has 21 heavy (non-hydrogen) atoms. The number of primary amides is 1. The van der Waals surface area contributed by atoms with E-state index in [1.54, 1.807) is 6.07 Å². The first-order valence-corrected chi connectivity index (χ1v) is 6.34. The first kappa shape index (κ1) is 15.0. The van der Waals surface area contributed by atoms with Crippen LogP contribution in [0.25, 0.3) is 6.08 Å². The van der Waals surface area contributed by atoms with Gasteiger partial charge in [-0.25, -0.2) is 9.18 Å². The lowest BCUT2D eigenvalue weighted by atomic mass is 10.1. The number of nitrogens with two attached hydrogens (primary N) is 1. The standard InChI is InChI=1S/C14H15FN2O4/c15-10-3-1-2-9(4-5-12(18)19)13(10)17-6-7-21-8-11(17)14(16)20/h1-5,11H,6-8H2,(H2,16,20)(H,18,19)/b5-4+. The summed E-state index contributed by atoms with van der Waals surface area (Å²) in [7, 11) is 0. The molecule has 1 aliphatic heterocycles. The average Bonchev–Trinajstić information content (AvgIpc) is 2.45. The number of carbonyl (C=O) groups is 2. The smallest absolute Gasteiger partial charge is 0.328 e. The average molecular weight is 294 g/mol. The van der Waals surface area contributed by atoms with Crippen molar-refractivity contribution in [2.45, 2.75) is 6.04 Å². The molecule has 1 fully saturated rings. The fourth-order valence-corrected chi connectivity index (χ4v) is 2.24. The van der Waals surface area contributed by atoms with Gasteiger partial charge in [0.15, 0.2) is 0 Å². The van der Waals surface area contributed by atoms with Gasteiger partial charge in [-0.15, -0.1) is 0 Å². The number of hydrogen-bond donors (Lipinski definition) is 2. The third-order valence-corrected chi connectivity index (χ3v) is 3.17. The Labute approximate surface area is 120 Å². The molecule has 2 rings (SSSR count). The number of para-hydroxylation sites is 1. The van der Waals surface area contributed by atoms with Gasteiger partial charge in [0.25, 0.3) is 0 Å². The van der Waals surface area contributed by atoms with Crippen LogP contribution in [0.15, 0.2) is 24.3 Å². The number of halogens is 1. The summed E-state index contributed by atoms with van der Waals surface area (Å²) in [5.41, 5.74) is 5.84. The van der Waals surface area contributed by atoms with Crippen molar-refractivity contribution in [3.63, 3.8) is 0 Å². The number of carboxylic acid groups (broad SMARTS) is 1. The topological polar surface area (TPSA) is 92.9 Å². The number of benzene rings is 1. The van der Waals surface area contributed by atoms with E-state index in [0.29, 0.717) is 18.7 Å². The predicted octanol–water partition coefficient (Wildman–Crippen LogP) is 0.614. The van der Waals surface area contributed by atoms with Crippen LogP contribution in [0.2, 0.25) is 0 Å². The van der Waals surface area contributed by atoms with Gasteiger partial charge in [-0.1, -0.05) is 12.1 Å². The SMILES string of the molecule is NC(=O)C1COCCN1c1c(F)cccc1/C=C/C(=O)O. The second-order valence-electron chi connectivity index (χ2n) is 4.54. The zero-order valence-corrected chi connectivity index (χ0v) is 11.2. The van der Waals surface area contributed by atoms with Crippen LogP contribution < -0.4 is 10.6 Å². The van der Waals surface area contributed by atoms with E-state index in [4.69, 9.17) is 15.6 Å². The molecule has 1 amide bonds. The molecule has 7 heteroatoms. The quantitative estimate of drug-likeness (QED) is 0.794. The molecule has 1 atom stereocenters. The van der Waals surface area contributed by atoms with Crippen LogP contribution in [0.3, 0.4) is 0 Å². The van der Waals surface area contributed by atoms with Gasteiger partial charge in [-0.05, 0) is 12.1 Å². The van der Waals surface area contributed by atoms with Crippen LogP contribution in [-0.2, 0) is 14.3 Å². The van der Waals surface area contributed by atoms with Crippen molar-refractivity contribution >= 4 is 23.6 Å². The zero-order chi connectivity index (χ0) is 15.4. The molecule has 1 aliphatic rings. The Hall–Kier alpha value is -2.41. The van der Waals surface area contributed by atoms with Gasteiger partial charge < -0.3 is 20.5 Å². The van der Waals surface area contributed by atoms with Gasteiger partial charge >= 0.3 is 5.97 Å². The van der Waals surface area contributed by atoms with Crippen LogP contribution >= 0.6 is 0 Å². The van der Waals surface area contributed by atoms with E-state index < -0.39 is 23.7 Å². The van der Waals surface area contributed by atoms with E-state index >= 15 is 0 Å². The Bertz CT molecular complexity index is 588. The highest BCUT2D eigenvalue weighted by atomic mass is 19.1. The molecule has 1 aromatic carbocycles. The lowest BCUT2D eigenvalue weighted by molar-refractivity contribution is -0.131. The fraction of sp³-hybridized carbons (Fsp3) is 0.286. The summed E-state index contributed by atoms with van der Waals surface area (Å²) >= 11 is 0. The number of carboxylic acids is 1. The molecule has 1 unspecified atom stereocenters. The first-order chi connectivity index (χ1) is 10.0. The summed E-state index contributed by atoms with van der Waals surface area (Å²) in [4.78, 5) is 23.6. The van der Waals surface area contributed by atoms with Crippen molar-refractivity contribution in [3.05, 3.63) is 35.7 Å². The number of amides is 1. The molecule has 0 bridgehead atoms. The summed E-state index contributed by atoms with van der Waals surface area (Å²) in [5, 5.41) is 8.70. The number of anilines is 1. The summed E-state index contributed by atoms with van der Waals surface area (Å²) < 4.78 is 19.4. The highest BCUT2D eigenvalue weighted by Crippen LogP contribution is 2.28. The Morgan fingerprint density at radius 3 is 2.90 bits per heavy atom. The van der Waals surface area contributed by atoms with Gasteiger partial charge in [-0.3, -0.25) is 4.79 Å². The Morgan fingerprint density at radius 2 is 2.24 bits per heavy atom. The van der Waals surface area contributed by atoms with E-state index in [0.717, 1.165) is 6.08 Å². The van der Waals surface area contributed by atoms with Gasteiger partial charge in [0.1, 0.15) is 11.9 Å². The second kappa shape index (κ2) is 6.36. The molecule has 0 aliphatic carbocycles. The number of hydrogen-bond acceptors (Lipinski definition) is 4. The highest BCUT2D eigenvalue weighted by Gasteiger charge is 2.30. The van der Waals surface area contributed by atoms with Crippen molar-refractivity contribution in [1.29, 1.82) is 0 Å². The number of rotatable bonds is 4. The fourth-order valence-electron chi connectivity index (χ4n) is 2.24. The molecule has 1 saturated heterocycles. The van der Waals surface area contributed by atoms with Crippen molar-refractivity contribution in [1.82, 2.24) is 0 Å². The Balaban J connectivity index is 2.45. The predicted molar refractivity (Wildman–Crippen MR) is 74.2 cm³/mol. The Kier molecular flexibility index (Phi) is 4.54. The van der Waals surface area contributed by atoms with Crippen molar-refractivity contribution < 1.29 is 23.8 Å². The van der Waals surface area contributed by atoms with E-state index in [2.05, 4.69) is 0 Å².